The lowest BCUT2D eigenvalue weighted by molar-refractivity contribution is -0.138. The molecule has 0 spiro atoms. The smallest absolute Gasteiger partial charge is 0.336 e. The lowest BCUT2D eigenvalue weighted by atomic mass is 10.3. The molecule has 0 aromatic heterocycles. The molecule has 0 amide bonds. The molecule has 0 aliphatic heterocycles. The van der Waals surface area contributed by atoms with Gasteiger partial charge in [-0.2, -0.15) is 0 Å². The largest absolute Gasteiger partial charge is 0.484 e. The molecule has 0 aliphatic rings. The average Bonchev–Trinajstić information content (AvgIpc) is 2.27. The minimum absolute atomic E-state index is 0.0486. The Morgan fingerprint density at radius 3 is 2.67 bits per heavy atom. The Balaban J connectivity index is 2.70. The second-order valence-electron chi connectivity index (χ2n) is 3.31. The van der Waals surface area contributed by atoms with Crippen LogP contribution in [0.2, 0.25) is 0 Å². The molecule has 1 aromatic rings. The highest BCUT2D eigenvalue weighted by atomic mass is 79.9. The zero-order valence-corrected chi connectivity index (χ0v) is 11.2. The highest BCUT2D eigenvalue weighted by molar-refractivity contribution is 9.10. The van der Waals surface area contributed by atoms with Crippen molar-refractivity contribution in [2.45, 2.75) is 6.92 Å². The third-order valence-electron chi connectivity index (χ3n) is 1.92. The van der Waals surface area contributed by atoms with Gasteiger partial charge in [-0.1, -0.05) is 6.58 Å². The number of esters is 1. The Kier molecular flexibility index (Phi) is 5.27. The molecule has 98 valence electrons. The number of carbonyl (C=O) groups is 1. The van der Waals surface area contributed by atoms with E-state index in [4.69, 9.17) is 4.74 Å². The van der Waals surface area contributed by atoms with Crippen LogP contribution in [0.25, 0.3) is 0 Å². The molecular weight excluding hydrogens is 310 g/mol. The Labute approximate surface area is 112 Å². The van der Waals surface area contributed by atoms with Gasteiger partial charge in [-0.3, -0.25) is 0 Å². The van der Waals surface area contributed by atoms with E-state index in [1.54, 1.807) is 6.92 Å². The summed E-state index contributed by atoms with van der Waals surface area (Å²) in [6, 6.07) is 1.75. The molecule has 1 rings (SSSR count). The number of benzene rings is 1. The Morgan fingerprint density at radius 2 is 2.11 bits per heavy atom. The van der Waals surface area contributed by atoms with Gasteiger partial charge in [0.2, 0.25) is 0 Å². The zero-order valence-electron chi connectivity index (χ0n) is 9.63. The van der Waals surface area contributed by atoms with E-state index < -0.39 is 17.6 Å². The van der Waals surface area contributed by atoms with Crippen LogP contribution in [0.4, 0.5) is 8.78 Å². The van der Waals surface area contributed by atoms with Gasteiger partial charge < -0.3 is 9.47 Å². The van der Waals surface area contributed by atoms with E-state index in [0.717, 1.165) is 6.07 Å². The summed E-state index contributed by atoms with van der Waals surface area (Å²) in [7, 11) is 0. The van der Waals surface area contributed by atoms with Crippen LogP contribution in [0.15, 0.2) is 28.8 Å². The molecule has 0 bridgehead atoms. The quantitative estimate of drug-likeness (QED) is 0.617. The second kappa shape index (κ2) is 6.49. The van der Waals surface area contributed by atoms with E-state index in [9.17, 15) is 13.6 Å². The number of ether oxygens (including phenoxy) is 2. The highest BCUT2D eigenvalue weighted by Gasteiger charge is 2.14. The van der Waals surface area contributed by atoms with Gasteiger partial charge in [-0.15, -0.1) is 0 Å². The van der Waals surface area contributed by atoms with Crippen molar-refractivity contribution in [1.29, 1.82) is 0 Å². The summed E-state index contributed by atoms with van der Waals surface area (Å²) in [6.45, 7) is 5.09. The van der Waals surface area contributed by atoms with E-state index >= 15 is 0 Å². The molecule has 0 saturated heterocycles. The summed E-state index contributed by atoms with van der Waals surface area (Å²) in [5.41, 5.74) is 0.0486. The molecule has 0 heterocycles. The SMILES string of the molecule is C=C(COc1c(F)cc(F)cc1Br)C(=O)OCC. The minimum Gasteiger partial charge on any atom is -0.484 e. The molecule has 1 aromatic carbocycles. The van der Waals surface area contributed by atoms with E-state index in [-0.39, 0.29) is 29.0 Å². The number of hydrogen-bond acceptors (Lipinski definition) is 3. The van der Waals surface area contributed by atoms with Crippen LogP contribution in [0.5, 0.6) is 5.75 Å². The Morgan fingerprint density at radius 1 is 1.44 bits per heavy atom. The number of hydrogen-bond donors (Lipinski definition) is 0. The summed E-state index contributed by atoms with van der Waals surface area (Å²) in [4.78, 5) is 11.2. The molecule has 0 radical (unpaired) electrons. The van der Waals surface area contributed by atoms with E-state index in [1.807, 2.05) is 0 Å². The maximum atomic E-state index is 13.4. The van der Waals surface area contributed by atoms with Crippen LogP contribution in [-0.2, 0) is 9.53 Å². The van der Waals surface area contributed by atoms with Gasteiger partial charge in [0.1, 0.15) is 12.4 Å². The first-order valence-electron chi connectivity index (χ1n) is 5.08. The Hall–Kier alpha value is -1.43. The van der Waals surface area contributed by atoms with Crippen molar-refractivity contribution in [3.8, 4) is 5.75 Å². The summed E-state index contributed by atoms with van der Waals surface area (Å²) in [6.07, 6.45) is 0. The predicted molar refractivity (Wildman–Crippen MR) is 65.3 cm³/mol. The van der Waals surface area contributed by atoms with E-state index in [2.05, 4.69) is 27.2 Å². The molecular formula is C12H11BrF2O3. The fourth-order valence-corrected chi connectivity index (χ4v) is 1.64. The van der Waals surface area contributed by atoms with E-state index in [1.165, 1.54) is 0 Å². The second-order valence-corrected chi connectivity index (χ2v) is 4.17. The summed E-state index contributed by atoms with van der Waals surface area (Å²) >= 11 is 2.96. The highest BCUT2D eigenvalue weighted by Crippen LogP contribution is 2.29. The van der Waals surface area contributed by atoms with E-state index in [0.29, 0.717) is 6.07 Å². The molecule has 0 unspecified atom stereocenters. The first kappa shape index (κ1) is 14.6. The van der Waals surface area contributed by atoms with Gasteiger partial charge in [-0.05, 0) is 28.9 Å². The van der Waals surface area contributed by atoms with Gasteiger partial charge in [0.15, 0.2) is 11.6 Å². The standard InChI is InChI=1S/C12H11BrF2O3/c1-3-17-12(16)7(2)6-18-11-9(13)4-8(14)5-10(11)15/h4-5H,2-3,6H2,1H3. The van der Waals surface area contributed by atoms with Gasteiger partial charge in [0.05, 0.1) is 16.7 Å². The van der Waals surface area contributed by atoms with Gasteiger partial charge in [0, 0.05) is 6.07 Å². The first-order chi connectivity index (χ1) is 8.45. The van der Waals surface area contributed by atoms with Crippen LogP contribution in [0.3, 0.4) is 0 Å². The number of rotatable bonds is 5. The molecule has 3 nitrogen and oxygen atoms in total. The molecule has 0 atom stereocenters. The van der Waals surface area contributed by atoms with Crippen molar-refractivity contribution in [3.63, 3.8) is 0 Å². The summed E-state index contributed by atoms with van der Waals surface area (Å²) < 4.78 is 36.1. The summed E-state index contributed by atoms with van der Waals surface area (Å²) in [5, 5.41) is 0. The topological polar surface area (TPSA) is 35.5 Å². The van der Waals surface area contributed by atoms with Crippen molar-refractivity contribution in [1.82, 2.24) is 0 Å². The minimum atomic E-state index is -0.862. The zero-order chi connectivity index (χ0) is 13.7. The van der Waals surface area contributed by atoms with Gasteiger partial charge >= 0.3 is 5.97 Å². The lowest BCUT2D eigenvalue weighted by Crippen LogP contribution is -2.13. The molecule has 0 aliphatic carbocycles. The molecule has 6 heteroatoms. The van der Waals surface area contributed by atoms with Gasteiger partial charge in [-0.25, -0.2) is 13.6 Å². The number of halogens is 3. The predicted octanol–water partition coefficient (Wildman–Crippen LogP) is 3.23. The molecule has 0 fully saturated rings. The maximum Gasteiger partial charge on any atom is 0.336 e. The Bertz CT molecular complexity index is 451. The van der Waals surface area contributed by atoms with Crippen molar-refractivity contribution in [3.05, 3.63) is 40.4 Å². The first-order valence-corrected chi connectivity index (χ1v) is 5.87. The van der Waals surface area contributed by atoms with Crippen molar-refractivity contribution >= 4 is 21.9 Å². The van der Waals surface area contributed by atoms with Crippen molar-refractivity contribution in [2.24, 2.45) is 0 Å². The monoisotopic (exact) mass is 320 g/mol. The fourth-order valence-electron chi connectivity index (χ4n) is 1.12. The van der Waals surface area contributed by atoms with Crippen LogP contribution in [-0.4, -0.2) is 19.2 Å². The molecule has 0 saturated carbocycles. The third kappa shape index (κ3) is 3.80. The van der Waals surface area contributed by atoms with Crippen LogP contribution < -0.4 is 4.74 Å². The molecule has 18 heavy (non-hydrogen) atoms. The van der Waals surface area contributed by atoms with Crippen LogP contribution in [0.1, 0.15) is 6.92 Å². The molecule has 0 N–H and O–H groups in total. The van der Waals surface area contributed by atoms with Crippen LogP contribution >= 0.6 is 15.9 Å². The van der Waals surface area contributed by atoms with Crippen molar-refractivity contribution in [2.75, 3.05) is 13.2 Å². The third-order valence-corrected chi connectivity index (χ3v) is 2.51. The number of carbonyl (C=O) groups excluding carboxylic acids is 1. The lowest BCUT2D eigenvalue weighted by Gasteiger charge is -2.10. The maximum absolute atomic E-state index is 13.4. The van der Waals surface area contributed by atoms with Crippen molar-refractivity contribution < 1.29 is 23.0 Å². The van der Waals surface area contributed by atoms with Crippen LogP contribution in [0, 0.1) is 11.6 Å². The fraction of sp³-hybridized carbons (Fsp3) is 0.250. The summed E-state index contributed by atoms with van der Waals surface area (Å²) in [5.74, 6) is -2.38. The normalized spacial score (nSPS) is 10.0. The average molecular weight is 321 g/mol. The van der Waals surface area contributed by atoms with Gasteiger partial charge in [0.25, 0.3) is 0 Å².